The molecular weight excluding hydrogens is 328 g/mol. The molecule has 0 atom stereocenters. The summed E-state index contributed by atoms with van der Waals surface area (Å²) in [5.74, 6) is 1.21. The molecule has 0 unspecified atom stereocenters. The Morgan fingerprint density at radius 1 is 1.23 bits per heavy atom. The lowest BCUT2D eigenvalue weighted by Crippen LogP contribution is -2.38. The molecule has 5 heteroatoms. The van der Waals surface area contributed by atoms with Gasteiger partial charge in [0.2, 0.25) is 5.88 Å². The summed E-state index contributed by atoms with van der Waals surface area (Å²) in [6.45, 7) is 12.3. The van der Waals surface area contributed by atoms with Gasteiger partial charge in [-0.15, -0.1) is 0 Å². The summed E-state index contributed by atoms with van der Waals surface area (Å²) in [6, 6.07) is 9.59. The number of fused-ring (bicyclic) bond motifs is 1. The van der Waals surface area contributed by atoms with Gasteiger partial charge in [-0.05, 0) is 39.3 Å². The Labute approximate surface area is 155 Å². The average Bonchev–Trinajstić information content (AvgIpc) is 2.79. The molecule has 1 amide bonds. The van der Waals surface area contributed by atoms with Crippen LogP contribution in [-0.4, -0.2) is 23.2 Å². The molecule has 1 aromatic heterocycles. The van der Waals surface area contributed by atoms with Crippen molar-refractivity contribution in [2.24, 2.45) is 0 Å². The second kappa shape index (κ2) is 6.31. The first-order valence-electron chi connectivity index (χ1n) is 8.81. The number of rotatable bonds is 2. The Kier molecular flexibility index (Phi) is 4.42. The number of amides is 1. The number of hydrogen-bond acceptors (Lipinski definition) is 4. The van der Waals surface area contributed by atoms with Gasteiger partial charge in [-0.3, -0.25) is 4.90 Å². The minimum Gasteiger partial charge on any atom is -0.443 e. The molecule has 0 bridgehead atoms. The first-order valence-corrected chi connectivity index (χ1v) is 8.81. The monoisotopic (exact) mass is 354 g/mol. The van der Waals surface area contributed by atoms with E-state index >= 15 is 0 Å². The van der Waals surface area contributed by atoms with E-state index in [1.54, 1.807) is 11.1 Å². The summed E-state index contributed by atoms with van der Waals surface area (Å²) >= 11 is 0. The van der Waals surface area contributed by atoms with E-state index in [9.17, 15) is 4.79 Å². The highest BCUT2D eigenvalue weighted by molar-refractivity contribution is 5.91. The van der Waals surface area contributed by atoms with Gasteiger partial charge in [-0.2, -0.15) is 0 Å². The Balaban J connectivity index is 1.94. The molecule has 1 aromatic carbocycles. The molecule has 26 heavy (non-hydrogen) atoms. The predicted molar refractivity (Wildman–Crippen MR) is 102 cm³/mol. The number of aromatic nitrogens is 1. The van der Waals surface area contributed by atoms with Crippen molar-refractivity contribution in [3.05, 3.63) is 47.7 Å². The fourth-order valence-corrected chi connectivity index (χ4v) is 3.06. The van der Waals surface area contributed by atoms with Gasteiger partial charge in [0, 0.05) is 29.8 Å². The topological polar surface area (TPSA) is 51.7 Å². The van der Waals surface area contributed by atoms with E-state index in [1.165, 1.54) is 0 Å². The lowest BCUT2D eigenvalue weighted by molar-refractivity contribution is 0.0579. The number of carbonyl (C=O) groups excluding carboxylic acids is 1. The van der Waals surface area contributed by atoms with Crippen LogP contribution in [-0.2, 0) is 10.2 Å². The van der Waals surface area contributed by atoms with Crippen LogP contribution in [0.1, 0.15) is 45.7 Å². The third-order valence-corrected chi connectivity index (χ3v) is 4.35. The normalized spacial score (nSPS) is 15.5. The number of carbonyl (C=O) groups is 1. The van der Waals surface area contributed by atoms with Crippen molar-refractivity contribution < 1.29 is 14.3 Å². The van der Waals surface area contributed by atoms with Crippen molar-refractivity contribution in [2.75, 3.05) is 11.4 Å². The SMILES string of the molecule is Cc1ccccc1Oc1cc2c(cn1)C(C)(C)CN2C(=O)OC(C)(C)C. The molecule has 0 saturated carbocycles. The van der Waals surface area contributed by atoms with Gasteiger partial charge in [0.15, 0.2) is 0 Å². The number of nitrogens with zero attached hydrogens (tertiary/aromatic N) is 2. The molecule has 3 rings (SSSR count). The molecule has 0 saturated heterocycles. The Morgan fingerprint density at radius 2 is 1.92 bits per heavy atom. The molecule has 0 radical (unpaired) electrons. The quantitative estimate of drug-likeness (QED) is 0.742. The standard InChI is InChI=1S/C21H26N2O3/c1-14-9-7-8-10-17(14)25-18-11-16-15(12-22-18)21(5,6)13-23(16)19(24)26-20(2,3)4/h7-12H,13H2,1-6H3. The molecule has 1 aliphatic heterocycles. The van der Waals surface area contributed by atoms with Crippen molar-refractivity contribution in [3.8, 4) is 11.6 Å². The van der Waals surface area contributed by atoms with Gasteiger partial charge < -0.3 is 9.47 Å². The Morgan fingerprint density at radius 3 is 2.58 bits per heavy atom. The van der Waals surface area contributed by atoms with Crippen LogP contribution < -0.4 is 9.64 Å². The minimum atomic E-state index is -0.544. The van der Waals surface area contributed by atoms with Crippen molar-refractivity contribution in [1.29, 1.82) is 0 Å². The van der Waals surface area contributed by atoms with E-state index in [0.29, 0.717) is 12.4 Å². The summed E-state index contributed by atoms with van der Waals surface area (Å²) in [4.78, 5) is 18.8. The zero-order chi connectivity index (χ0) is 19.1. The van der Waals surface area contributed by atoms with E-state index in [2.05, 4.69) is 18.8 Å². The highest BCUT2D eigenvalue weighted by atomic mass is 16.6. The molecule has 5 nitrogen and oxygen atoms in total. The highest BCUT2D eigenvalue weighted by Gasteiger charge is 2.40. The van der Waals surface area contributed by atoms with Gasteiger partial charge >= 0.3 is 6.09 Å². The molecule has 138 valence electrons. The van der Waals surface area contributed by atoms with Crippen LogP contribution in [0.3, 0.4) is 0 Å². The second-order valence-corrected chi connectivity index (χ2v) is 8.36. The number of anilines is 1. The number of pyridine rings is 1. The lowest BCUT2D eigenvalue weighted by atomic mass is 9.88. The van der Waals surface area contributed by atoms with E-state index in [4.69, 9.17) is 9.47 Å². The zero-order valence-electron chi connectivity index (χ0n) is 16.3. The van der Waals surface area contributed by atoms with E-state index < -0.39 is 5.60 Å². The summed E-state index contributed by atoms with van der Waals surface area (Å²) < 4.78 is 11.5. The lowest BCUT2D eigenvalue weighted by Gasteiger charge is -2.26. The number of hydrogen-bond donors (Lipinski definition) is 0. The van der Waals surface area contributed by atoms with E-state index in [0.717, 1.165) is 22.6 Å². The van der Waals surface area contributed by atoms with Gasteiger partial charge in [-0.1, -0.05) is 32.0 Å². The van der Waals surface area contributed by atoms with Crippen molar-refractivity contribution >= 4 is 11.8 Å². The number of ether oxygens (including phenoxy) is 2. The summed E-state index contributed by atoms with van der Waals surface area (Å²) in [5.41, 5.74) is 2.10. The van der Waals surface area contributed by atoms with Gasteiger partial charge in [0.1, 0.15) is 11.4 Å². The third-order valence-electron chi connectivity index (χ3n) is 4.35. The first kappa shape index (κ1) is 18.2. The number of para-hydroxylation sites is 1. The second-order valence-electron chi connectivity index (χ2n) is 8.36. The maximum atomic E-state index is 12.7. The van der Waals surface area contributed by atoms with Crippen LogP contribution in [0.2, 0.25) is 0 Å². The third kappa shape index (κ3) is 3.66. The van der Waals surface area contributed by atoms with Crippen molar-refractivity contribution in [3.63, 3.8) is 0 Å². The molecule has 0 fully saturated rings. The molecule has 1 aliphatic rings. The van der Waals surface area contributed by atoms with Crippen molar-refractivity contribution in [2.45, 2.75) is 52.6 Å². The minimum absolute atomic E-state index is 0.194. The number of aryl methyl sites for hydroxylation is 1. The first-order chi connectivity index (χ1) is 12.1. The largest absolute Gasteiger partial charge is 0.443 e. The summed E-state index contributed by atoms with van der Waals surface area (Å²) in [7, 11) is 0. The van der Waals surface area contributed by atoms with E-state index in [-0.39, 0.29) is 11.5 Å². The average molecular weight is 354 g/mol. The van der Waals surface area contributed by atoms with Crippen LogP contribution >= 0.6 is 0 Å². The molecular formula is C21H26N2O3. The highest BCUT2D eigenvalue weighted by Crippen LogP contribution is 2.42. The Hall–Kier alpha value is -2.56. The summed E-state index contributed by atoms with van der Waals surface area (Å²) in [6.07, 6.45) is 1.45. The maximum absolute atomic E-state index is 12.7. The van der Waals surface area contributed by atoms with Gasteiger partial charge in [0.25, 0.3) is 0 Å². The van der Waals surface area contributed by atoms with Crippen LogP contribution in [0.5, 0.6) is 11.6 Å². The van der Waals surface area contributed by atoms with Gasteiger partial charge in [0.05, 0.1) is 5.69 Å². The van der Waals surface area contributed by atoms with Crippen LogP contribution in [0.25, 0.3) is 0 Å². The molecule has 2 heterocycles. The van der Waals surface area contributed by atoms with E-state index in [1.807, 2.05) is 58.0 Å². The van der Waals surface area contributed by atoms with Crippen LogP contribution in [0.4, 0.5) is 10.5 Å². The van der Waals surface area contributed by atoms with Crippen molar-refractivity contribution in [1.82, 2.24) is 4.98 Å². The molecule has 0 aliphatic carbocycles. The van der Waals surface area contributed by atoms with Crippen LogP contribution in [0, 0.1) is 6.92 Å². The van der Waals surface area contributed by atoms with Crippen LogP contribution in [0.15, 0.2) is 36.5 Å². The Bertz CT molecular complexity index is 837. The number of benzene rings is 1. The predicted octanol–water partition coefficient (Wildman–Crippen LogP) is 5.22. The fraction of sp³-hybridized carbons (Fsp3) is 0.429. The van der Waals surface area contributed by atoms with Gasteiger partial charge in [-0.25, -0.2) is 9.78 Å². The summed E-state index contributed by atoms with van der Waals surface area (Å²) in [5, 5.41) is 0. The fourth-order valence-electron chi connectivity index (χ4n) is 3.06. The maximum Gasteiger partial charge on any atom is 0.414 e. The molecule has 0 N–H and O–H groups in total. The molecule has 0 spiro atoms. The smallest absolute Gasteiger partial charge is 0.414 e. The zero-order valence-corrected chi connectivity index (χ0v) is 16.3. The molecule has 2 aromatic rings.